The lowest BCUT2D eigenvalue weighted by atomic mass is 10.3. The molecule has 0 aliphatic rings. The molecule has 0 spiro atoms. The number of rotatable bonds is 2. The van der Waals surface area contributed by atoms with E-state index in [1.54, 1.807) is 6.92 Å². The van der Waals surface area contributed by atoms with Crippen molar-refractivity contribution in [2.75, 3.05) is 7.05 Å². The van der Waals surface area contributed by atoms with Crippen LogP contribution in [-0.4, -0.2) is 34.1 Å². The molecule has 1 atom stereocenters. The molecule has 1 amide bonds. The maximum Gasteiger partial charge on any atom is 0.275 e. The third-order valence-corrected chi connectivity index (χ3v) is 1.99. The van der Waals surface area contributed by atoms with Crippen molar-refractivity contribution in [3.05, 3.63) is 28.2 Å². The summed E-state index contributed by atoms with van der Waals surface area (Å²) in [6, 6.07) is 3.93. The van der Waals surface area contributed by atoms with Crippen molar-refractivity contribution in [2.24, 2.45) is 0 Å². The van der Waals surface area contributed by atoms with E-state index < -0.39 is 11.9 Å². The van der Waals surface area contributed by atoms with E-state index in [1.807, 2.05) is 6.07 Å². The molecule has 1 N–H and O–H groups in total. The van der Waals surface area contributed by atoms with Crippen molar-refractivity contribution in [2.45, 2.75) is 13.0 Å². The lowest BCUT2D eigenvalue weighted by molar-refractivity contribution is 0.0766. The molecule has 0 bridgehead atoms. The van der Waals surface area contributed by atoms with Gasteiger partial charge in [0.15, 0.2) is 0 Å². The zero-order valence-electron chi connectivity index (χ0n) is 8.39. The van der Waals surface area contributed by atoms with Crippen molar-refractivity contribution in [1.29, 1.82) is 5.26 Å². The lowest BCUT2D eigenvalue weighted by Gasteiger charge is -2.18. The molecule has 1 aromatic rings. The van der Waals surface area contributed by atoms with Crippen molar-refractivity contribution in [1.82, 2.24) is 15.1 Å². The summed E-state index contributed by atoms with van der Waals surface area (Å²) in [5, 5.41) is 14.4. The number of aromatic amines is 1. The summed E-state index contributed by atoms with van der Waals surface area (Å²) in [5.74, 6) is -0.402. The van der Waals surface area contributed by atoms with Gasteiger partial charge in [0.2, 0.25) is 0 Å². The van der Waals surface area contributed by atoms with Crippen LogP contribution >= 0.6 is 0 Å². The maximum absolute atomic E-state index is 11.6. The number of nitriles is 1. The third-order valence-electron chi connectivity index (χ3n) is 1.99. The van der Waals surface area contributed by atoms with Gasteiger partial charge >= 0.3 is 0 Å². The molecule has 0 aliphatic carbocycles. The van der Waals surface area contributed by atoms with Crippen LogP contribution in [0.1, 0.15) is 17.4 Å². The van der Waals surface area contributed by atoms with Crippen LogP contribution in [0.5, 0.6) is 0 Å². The van der Waals surface area contributed by atoms with Gasteiger partial charge in [0.05, 0.1) is 6.07 Å². The molecule has 0 aliphatic heterocycles. The number of carbonyl (C=O) groups is 1. The van der Waals surface area contributed by atoms with Gasteiger partial charge < -0.3 is 4.90 Å². The van der Waals surface area contributed by atoms with Crippen LogP contribution in [0.15, 0.2) is 16.9 Å². The van der Waals surface area contributed by atoms with Gasteiger partial charge in [0, 0.05) is 13.1 Å². The average molecular weight is 206 g/mol. The van der Waals surface area contributed by atoms with Crippen LogP contribution < -0.4 is 5.56 Å². The van der Waals surface area contributed by atoms with E-state index in [1.165, 1.54) is 24.1 Å². The molecular formula is C9H10N4O2. The third kappa shape index (κ3) is 2.40. The SMILES string of the molecule is CC(C#N)N(C)C(=O)c1ccc(=O)[nH]n1. The van der Waals surface area contributed by atoms with E-state index in [4.69, 9.17) is 5.26 Å². The first kappa shape index (κ1) is 10.9. The predicted molar refractivity (Wildman–Crippen MR) is 52.0 cm³/mol. The van der Waals surface area contributed by atoms with Crippen LogP contribution in [0.2, 0.25) is 0 Å². The molecule has 78 valence electrons. The highest BCUT2D eigenvalue weighted by Gasteiger charge is 2.17. The smallest absolute Gasteiger partial charge is 0.275 e. The van der Waals surface area contributed by atoms with Gasteiger partial charge in [0.1, 0.15) is 11.7 Å². The highest BCUT2D eigenvalue weighted by atomic mass is 16.2. The number of nitrogens with zero attached hydrogens (tertiary/aromatic N) is 3. The van der Waals surface area contributed by atoms with E-state index in [-0.39, 0.29) is 11.3 Å². The fourth-order valence-corrected chi connectivity index (χ4v) is 0.907. The van der Waals surface area contributed by atoms with Gasteiger partial charge in [-0.3, -0.25) is 9.59 Å². The zero-order valence-corrected chi connectivity index (χ0v) is 8.39. The zero-order chi connectivity index (χ0) is 11.4. The molecule has 1 aromatic heterocycles. The molecule has 0 radical (unpaired) electrons. The first-order chi connectivity index (χ1) is 7.06. The maximum atomic E-state index is 11.6. The minimum absolute atomic E-state index is 0.110. The number of hydrogen-bond donors (Lipinski definition) is 1. The topological polar surface area (TPSA) is 89.9 Å². The lowest BCUT2D eigenvalue weighted by Crippen LogP contribution is -2.35. The van der Waals surface area contributed by atoms with Gasteiger partial charge in [0.25, 0.3) is 11.5 Å². The quantitative estimate of drug-likeness (QED) is 0.722. The molecule has 0 fully saturated rings. The number of amides is 1. The largest absolute Gasteiger partial charge is 0.325 e. The fraction of sp³-hybridized carbons (Fsp3) is 0.333. The summed E-state index contributed by atoms with van der Waals surface area (Å²) in [5.41, 5.74) is -0.262. The minimum Gasteiger partial charge on any atom is -0.325 e. The number of nitrogens with one attached hydrogen (secondary N) is 1. The second-order valence-electron chi connectivity index (χ2n) is 3.03. The summed E-state index contributed by atoms with van der Waals surface area (Å²) in [4.78, 5) is 23.6. The van der Waals surface area contributed by atoms with Crippen molar-refractivity contribution < 1.29 is 4.79 Å². The minimum atomic E-state index is -0.536. The molecule has 15 heavy (non-hydrogen) atoms. The van der Waals surface area contributed by atoms with E-state index in [2.05, 4.69) is 10.2 Å². The van der Waals surface area contributed by atoms with Crippen molar-refractivity contribution in [3.8, 4) is 6.07 Å². The van der Waals surface area contributed by atoms with Crippen LogP contribution in [0, 0.1) is 11.3 Å². The highest BCUT2D eigenvalue weighted by Crippen LogP contribution is 2.01. The van der Waals surface area contributed by atoms with Crippen LogP contribution in [0.3, 0.4) is 0 Å². The summed E-state index contributed by atoms with van der Waals surface area (Å²) >= 11 is 0. The number of hydrogen-bond acceptors (Lipinski definition) is 4. The Labute approximate surface area is 86.1 Å². The number of aromatic nitrogens is 2. The molecule has 0 aromatic carbocycles. The normalized spacial score (nSPS) is 11.5. The van der Waals surface area contributed by atoms with Crippen LogP contribution in [-0.2, 0) is 0 Å². The monoisotopic (exact) mass is 206 g/mol. The summed E-state index contributed by atoms with van der Waals surface area (Å²) in [6.07, 6.45) is 0. The Morgan fingerprint density at radius 3 is 2.80 bits per heavy atom. The van der Waals surface area contributed by atoms with E-state index in [0.717, 1.165) is 0 Å². The second-order valence-corrected chi connectivity index (χ2v) is 3.03. The molecule has 0 saturated heterocycles. The average Bonchev–Trinajstić information content (AvgIpc) is 2.27. The van der Waals surface area contributed by atoms with Crippen molar-refractivity contribution >= 4 is 5.91 Å². The fourth-order valence-electron chi connectivity index (χ4n) is 0.907. The molecule has 0 saturated carbocycles. The first-order valence-corrected chi connectivity index (χ1v) is 4.28. The molecule has 1 heterocycles. The van der Waals surface area contributed by atoms with Gasteiger partial charge in [-0.2, -0.15) is 10.4 Å². The molecule has 1 unspecified atom stereocenters. The number of carbonyl (C=O) groups excluding carboxylic acids is 1. The Morgan fingerprint density at radius 2 is 2.33 bits per heavy atom. The van der Waals surface area contributed by atoms with Gasteiger partial charge in [-0.25, -0.2) is 5.10 Å². The summed E-state index contributed by atoms with van der Waals surface area (Å²) in [7, 11) is 1.50. The summed E-state index contributed by atoms with van der Waals surface area (Å²) < 4.78 is 0. The Bertz CT molecular complexity index is 439. The summed E-state index contributed by atoms with van der Waals surface area (Å²) in [6.45, 7) is 1.60. The molecular weight excluding hydrogens is 196 g/mol. The predicted octanol–water partition coefficient (Wildman–Crippen LogP) is -0.246. The van der Waals surface area contributed by atoms with Gasteiger partial charge in [-0.1, -0.05) is 0 Å². The standard InChI is InChI=1S/C9H10N4O2/c1-6(5-10)13(2)9(15)7-3-4-8(14)12-11-7/h3-4,6H,1-2H3,(H,12,14). The highest BCUT2D eigenvalue weighted by molar-refractivity contribution is 5.92. The van der Waals surface area contributed by atoms with Gasteiger partial charge in [-0.15, -0.1) is 0 Å². The number of H-pyrrole nitrogens is 1. The molecule has 6 heteroatoms. The first-order valence-electron chi connectivity index (χ1n) is 4.28. The van der Waals surface area contributed by atoms with Crippen LogP contribution in [0.4, 0.5) is 0 Å². The Balaban J connectivity index is 2.91. The Morgan fingerprint density at radius 1 is 1.67 bits per heavy atom. The second kappa shape index (κ2) is 4.37. The molecule has 6 nitrogen and oxygen atoms in total. The Hall–Kier alpha value is -2.16. The van der Waals surface area contributed by atoms with E-state index >= 15 is 0 Å². The van der Waals surface area contributed by atoms with E-state index in [0.29, 0.717) is 0 Å². The molecule has 1 rings (SSSR count). The van der Waals surface area contributed by atoms with Crippen molar-refractivity contribution in [3.63, 3.8) is 0 Å². The Kier molecular flexibility index (Phi) is 3.18. The van der Waals surface area contributed by atoms with Gasteiger partial charge in [-0.05, 0) is 13.0 Å². The van der Waals surface area contributed by atoms with E-state index in [9.17, 15) is 9.59 Å². The van der Waals surface area contributed by atoms with Crippen LogP contribution in [0.25, 0.3) is 0 Å².